The number of carboxylic acids is 1. The SMILES string of the molecule is CN(C(=O)[C@@H](CC(=O)O)Cc1ccccc1)c1nc(-c2ccccc2-c2cnc3c(c2)CC(=O)N3C)cs1. The highest BCUT2D eigenvalue weighted by atomic mass is 32.1. The van der Waals surface area contributed by atoms with E-state index in [2.05, 4.69) is 4.98 Å². The van der Waals surface area contributed by atoms with E-state index in [-0.39, 0.29) is 18.2 Å². The van der Waals surface area contributed by atoms with Gasteiger partial charge >= 0.3 is 5.97 Å². The molecule has 1 aliphatic rings. The Balaban J connectivity index is 1.41. The lowest BCUT2D eigenvalue weighted by atomic mass is 9.95. The summed E-state index contributed by atoms with van der Waals surface area (Å²) in [7, 11) is 3.36. The number of aliphatic carboxylic acids is 1. The van der Waals surface area contributed by atoms with E-state index < -0.39 is 11.9 Å². The first-order valence-corrected chi connectivity index (χ1v) is 13.0. The Morgan fingerprint density at radius 1 is 1.11 bits per heavy atom. The second-order valence-corrected chi connectivity index (χ2v) is 10.1. The Hall–Kier alpha value is -4.37. The molecule has 2 amide bonds. The van der Waals surface area contributed by atoms with Crippen molar-refractivity contribution in [3.05, 3.63) is 83.4 Å². The molecule has 0 unspecified atom stereocenters. The van der Waals surface area contributed by atoms with Gasteiger partial charge in [-0.2, -0.15) is 0 Å². The highest BCUT2D eigenvalue weighted by Gasteiger charge is 2.28. The van der Waals surface area contributed by atoms with E-state index in [1.165, 1.54) is 16.2 Å². The van der Waals surface area contributed by atoms with Crippen molar-refractivity contribution in [2.75, 3.05) is 23.9 Å². The molecule has 192 valence electrons. The number of aromatic nitrogens is 2. The lowest BCUT2D eigenvalue weighted by Gasteiger charge is -2.21. The number of thiazole rings is 1. The fourth-order valence-electron chi connectivity index (χ4n) is 4.71. The topological polar surface area (TPSA) is 104 Å². The number of likely N-dealkylation sites (N-methyl/N-ethyl adjacent to an activating group) is 1. The van der Waals surface area contributed by atoms with E-state index in [1.54, 1.807) is 25.2 Å². The van der Waals surface area contributed by atoms with Gasteiger partial charge in [-0.15, -0.1) is 11.3 Å². The third-order valence-electron chi connectivity index (χ3n) is 6.70. The minimum absolute atomic E-state index is 0.0169. The predicted octanol–water partition coefficient (Wildman–Crippen LogP) is 4.69. The van der Waals surface area contributed by atoms with Crippen LogP contribution >= 0.6 is 11.3 Å². The molecule has 0 saturated heterocycles. The van der Waals surface area contributed by atoms with E-state index in [4.69, 9.17) is 4.98 Å². The van der Waals surface area contributed by atoms with E-state index in [0.29, 0.717) is 29.5 Å². The number of hydrogen-bond donors (Lipinski definition) is 1. The van der Waals surface area contributed by atoms with Crippen LogP contribution in [0.1, 0.15) is 17.5 Å². The Kier molecular flexibility index (Phi) is 7.02. The number of amides is 2. The molecular formula is C29H26N4O4S. The normalized spacial score (nSPS) is 13.3. The monoisotopic (exact) mass is 526 g/mol. The summed E-state index contributed by atoms with van der Waals surface area (Å²) in [6, 6.07) is 19.2. The summed E-state index contributed by atoms with van der Waals surface area (Å²) >= 11 is 1.33. The third-order valence-corrected chi connectivity index (χ3v) is 7.61. The molecule has 1 atom stereocenters. The van der Waals surface area contributed by atoms with Crippen LogP contribution in [0.4, 0.5) is 10.9 Å². The number of hydrogen-bond acceptors (Lipinski definition) is 6. The van der Waals surface area contributed by atoms with Crippen LogP contribution in [-0.4, -0.2) is 47.0 Å². The molecule has 1 aliphatic heterocycles. The molecule has 0 bridgehead atoms. The lowest BCUT2D eigenvalue weighted by molar-refractivity contribution is -0.140. The summed E-state index contributed by atoms with van der Waals surface area (Å²) in [6.07, 6.45) is 2.15. The van der Waals surface area contributed by atoms with Gasteiger partial charge in [0, 0.05) is 42.4 Å². The molecule has 5 rings (SSSR count). The van der Waals surface area contributed by atoms with E-state index in [9.17, 15) is 19.5 Å². The Morgan fingerprint density at radius 2 is 1.82 bits per heavy atom. The van der Waals surface area contributed by atoms with Crippen molar-refractivity contribution >= 4 is 40.1 Å². The van der Waals surface area contributed by atoms with Crippen LogP contribution in [-0.2, 0) is 27.2 Å². The van der Waals surface area contributed by atoms with E-state index in [1.807, 2.05) is 66.0 Å². The Bertz CT molecular complexity index is 1520. The average Bonchev–Trinajstić information content (AvgIpc) is 3.52. The minimum Gasteiger partial charge on any atom is -0.481 e. The predicted molar refractivity (Wildman–Crippen MR) is 147 cm³/mol. The van der Waals surface area contributed by atoms with Gasteiger partial charge in [0.25, 0.3) is 0 Å². The summed E-state index contributed by atoms with van der Waals surface area (Å²) in [5.41, 5.74) is 5.17. The van der Waals surface area contributed by atoms with E-state index in [0.717, 1.165) is 27.8 Å². The first kappa shape index (κ1) is 25.3. The molecule has 2 aromatic carbocycles. The van der Waals surface area contributed by atoms with Crippen LogP contribution in [0, 0.1) is 5.92 Å². The molecule has 4 aromatic rings. The van der Waals surface area contributed by atoms with Crippen molar-refractivity contribution in [1.82, 2.24) is 9.97 Å². The number of carbonyl (C=O) groups excluding carboxylic acids is 2. The van der Waals surface area contributed by atoms with Crippen molar-refractivity contribution in [2.45, 2.75) is 19.3 Å². The number of anilines is 2. The average molecular weight is 527 g/mol. The van der Waals surface area contributed by atoms with Gasteiger partial charge < -0.3 is 5.11 Å². The molecule has 0 spiro atoms. The zero-order chi connectivity index (χ0) is 26.8. The minimum atomic E-state index is -1.02. The molecular weight excluding hydrogens is 500 g/mol. The van der Waals surface area contributed by atoms with Crippen LogP contribution < -0.4 is 9.80 Å². The molecule has 1 N–H and O–H groups in total. The highest BCUT2D eigenvalue weighted by Crippen LogP contribution is 2.37. The van der Waals surface area contributed by atoms with Crippen LogP contribution in [0.25, 0.3) is 22.4 Å². The Labute approximate surface area is 224 Å². The molecule has 38 heavy (non-hydrogen) atoms. The van der Waals surface area contributed by atoms with Crippen molar-refractivity contribution in [3.8, 4) is 22.4 Å². The van der Waals surface area contributed by atoms with Crippen molar-refractivity contribution in [1.29, 1.82) is 0 Å². The molecule has 0 aliphatic carbocycles. The molecule has 8 nitrogen and oxygen atoms in total. The van der Waals surface area contributed by atoms with Gasteiger partial charge in [0.15, 0.2) is 5.13 Å². The maximum Gasteiger partial charge on any atom is 0.304 e. The quantitative estimate of drug-likeness (QED) is 0.357. The van der Waals surface area contributed by atoms with Gasteiger partial charge in [0.1, 0.15) is 5.82 Å². The van der Waals surface area contributed by atoms with Gasteiger partial charge in [0.2, 0.25) is 11.8 Å². The van der Waals surface area contributed by atoms with Gasteiger partial charge in [-0.3, -0.25) is 24.2 Å². The van der Waals surface area contributed by atoms with E-state index >= 15 is 0 Å². The number of fused-ring (bicyclic) bond motifs is 1. The maximum atomic E-state index is 13.4. The first-order valence-electron chi connectivity index (χ1n) is 12.2. The summed E-state index contributed by atoms with van der Waals surface area (Å²) < 4.78 is 0. The zero-order valence-corrected chi connectivity index (χ0v) is 21.8. The summed E-state index contributed by atoms with van der Waals surface area (Å²) in [5, 5.41) is 11.8. The fraction of sp³-hybridized carbons (Fsp3) is 0.207. The molecule has 0 radical (unpaired) electrons. The van der Waals surface area contributed by atoms with Crippen molar-refractivity contribution in [3.63, 3.8) is 0 Å². The molecule has 0 fully saturated rings. The lowest BCUT2D eigenvalue weighted by Crippen LogP contribution is -2.35. The van der Waals surface area contributed by atoms with Crippen molar-refractivity contribution in [2.24, 2.45) is 5.92 Å². The molecule has 2 aromatic heterocycles. The standard InChI is InChI=1S/C29H26N4O4S/c1-32-25(34)14-19-13-21(16-30-27(19)32)22-10-6-7-11-23(22)24-17-38-29(31-24)33(2)28(37)20(15-26(35)36)12-18-8-4-3-5-9-18/h3-11,13,16-17,20H,12,14-15H2,1-2H3,(H,35,36)/t20-/m1/s1. The molecule has 9 heteroatoms. The van der Waals surface area contributed by atoms with Gasteiger partial charge in [-0.25, -0.2) is 9.97 Å². The Morgan fingerprint density at radius 3 is 2.55 bits per heavy atom. The first-order chi connectivity index (χ1) is 18.3. The zero-order valence-electron chi connectivity index (χ0n) is 21.0. The van der Waals surface area contributed by atoms with Crippen LogP contribution in [0.2, 0.25) is 0 Å². The highest BCUT2D eigenvalue weighted by molar-refractivity contribution is 7.14. The second kappa shape index (κ2) is 10.5. The van der Waals surface area contributed by atoms with Crippen LogP contribution in [0.15, 0.2) is 72.2 Å². The second-order valence-electron chi connectivity index (χ2n) is 9.28. The number of rotatable bonds is 8. The maximum absolute atomic E-state index is 13.4. The van der Waals surface area contributed by atoms with Gasteiger partial charge in [0.05, 0.1) is 24.5 Å². The summed E-state index contributed by atoms with van der Waals surface area (Å²) in [5.74, 6) is -1.32. The largest absolute Gasteiger partial charge is 0.481 e. The van der Waals surface area contributed by atoms with Crippen molar-refractivity contribution < 1.29 is 19.5 Å². The molecule has 0 saturated carbocycles. The van der Waals surface area contributed by atoms with Gasteiger partial charge in [-0.05, 0) is 23.6 Å². The number of pyridine rings is 1. The fourth-order valence-corrected chi connectivity index (χ4v) is 5.50. The van der Waals surface area contributed by atoms with Gasteiger partial charge in [-0.1, -0.05) is 54.6 Å². The summed E-state index contributed by atoms with van der Waals surface area (Å²) in [4.78, 5) is 49.3. The van der Waals surface area contributed by atoms with Crippen LogP contribution in [0.5, 0.6) is 0 Å². The molecule has 3 heterocycles. The van der Waals surface area contributed by atoms with Crippen LogP contribution in [0.3, 0.4) is 0 Å². The third kappa shape index (κ3) is 5.05. The smallest absolute Gasteiger partial charge is 0.304 e. The number of benzene rings is 2. The summed E-state index contributed by atoms with van der Waals surface area (Å²) in [6.45, 7) is 0. The number of carboxylic acid groups (broad SMARTS) is 1. The number of nitrogens with zero attached hydrogens (tertiary/aromatic N) is 4. The number of carbonyl (C=O) groups is 3.